The summed E-state index contributed by atoms with van der Waals surface area (Å²) in [7, 11) is 1.57. The van der Waals surface area contributed by atoms with Crippen LogP contribution in [-0.4, -0.2) is 67.3 Å². The van der Waals surface area contributed by atoms with Crippen molar-refractivity contribution in [1.29, 1.82) is 0 Å². The molecule has 0 aromatic heterocycles. The number of carbonyl (C=O) groups excluding carboxylic acids is 3. The maximum atomic E-state index is 12.5. The first-order chi connectivity index (χ1) is 14.0. The number of rotatable bonds is 5. The summed E-state index contributed by atoms with van der Waals surface area (Å²) in [5.74, 6) is -0.328. The number of anilines is 1. The van der Waals surface area contributed by atoms with Gasteiger partial charge in [0.1, 0.15) is 0 Å². The Bertz CT molecular complexity index is 876. The van der Waals surface area contributed by atoms with Crippen molar-refractivity contribution in [2.24, 2.45) is 0 Å². The molecule has 0 unspecified atom stereocenters. The van der Waals surface area contributed by atoms with Gasteiger partial charge < -0.3 is 15.5 Å². The summed E-state index contributed by atoms with van der Waals surface area (Å²) in [5, 5.41) is 5.98. The molecule has 1 aliphatic heterocycles. The summed E-state index contributed by atoms with van der Waals surface area (Å²) < 4.78 is 0. The van der Waals surface area contributed by atoms with Crippen LogP contribution >= 0.6 is 11.6 Å². The molecule has 152 valence electrons. The van der Waals surface area contributed by atoms with Crippen LogP contribution in [0, 0.1) is 0 Å². The lowest BCUT2D eigenvalue weighted by molar-refractivity contribution is -0.117. The van der Waals surface area contributed by atoms with Crippen LogP contribution < -0.4 is 10.6 Å². The molecule has 3 rings (SSSR count). The molecule has 1 saturated heterocycles. The first-order valence-electron chi connectivity index (χ1n) is 9.35. The molecular weight excluding hydrogens is 392 g/mol. The van der Waals surface area contributed by atoms with Gasteiger partial charge in [0.05, 0.1) is 6.54 Å². The summed E-state index contributed by atoms with van der Waals surface area (Å²) in [5.41, 5.74) is 1.78. The van der Waals surface area contributed by atoms with E-state index >= 15 is 0 Å². The molecule has 0 radical (unpaired) electrons. The number of carbonyl (C=O) groups is 3. The smallest absolute Gasteiger partial charge is 0.253 e. The quantitative estimate of drug-likeness (QED) is 0.785. The van der Waals surface area contributed by atoms with E-state index in [9.17, 15) is 14.4 Å². The van der Waals surface area contributed by atoms with Gasteiger partial charge in [-0.25, -0.2) is 0 Å². The minimum absolute atomic E-state index is 0.0259. The van der Waals surface area contributed by atoms with Crippen LogP contribution in [0.25, 0.3) is 0 Å². The molecular formula is C21H23ClN4O3. The second kappa shape index (κ2) is 9.54. The number of halogens is 1. The fourth-order valence-corrected chi connectivity index (χ4v) is 3.26. The van der Waals surface area contributed by atoms with Gasteiger partial charge in [-0.3, -0.25) is 19.3 Å². The highest BCUT2D eigenvalue weighted by Gasteiger charge is 2.23. The zero-order valence-electron chi connectivity index (χ0n) is 16.2. The number of benzene rings is 2. The second-order valence-electron chi connectivity index (χ2n) is 6.78. The number of hydrogen-bond acceptors (Lipinski definition) is 4. The summed E-state index contributed by atoms with van der Waals surface area (Å²) in [6.45, 7) is 2.63. The molecule has 3 amide bonds. The van der Waals surface area contributed by atoms with Gasteiger partial charge in [-0.15, -0.1) is 0 Å². The third kappa shape index (κ3) is 5.56. The van der Waals surface area contributed by atoms with Gasteiger partial charge >= 0.3 is 0 Å². The first kappa shape index (κ1) is 20.8. The van der Waals surface area contributed by atoms with E-state index in [2.05, 4.69) is 10.6 Å². The Morgan fingerprint density at radius 2 is 1.48 bits per heavy atom. The minimum Gasteiger partial charge on any atom is -0.355 e. The van der Waals surface area contributed by atoms with E-state index in [1.807, 2.05) is 4.90 Å². The largest absolute Gasteiger partial charge is 0.355 e. The molecule has 2 N–H and O–H groups in total. The molecule has 7 nitrogen and oxygen atoms in total. The summed E-state index contributed by atoms with van der Waals surface area (Å²) in [6.07, 6.45) is 0. The molecule has 2 aromatic carbocycles. The summed E-state index contributed by atoms with van der Waals surface area (Å²) in [4.78, 5) is 40.2. The van der Waals surface area contributed by atoms with E-state index in [4.69, 9.17) is 11.6 Å². The van der Waals surface area contributed by atoms with Crippen molar-refractivity contribution in [3.8, 4) is 0 Å². The van der Waals surface area contributed by atoms with Gasteiger partial charge in [0.25, 0.3) is 11.8 Å². The number of nitrogens with one attached hydrogen (secondary N) is 2. The van der Waals surface area contributed by atoms with E-state index in [0.717, 1.165) is 0 Å². The molecule has 1 heterocycles. The molecule has 29 heavy (non-hydrogen) atoms. The molecule has 1 aliphatic rings. The van der Waals surface area contributed by atoms with Crippen molar-refractivity contribution < 1.29 is 14.4 Å². The summed E-state index contributed by atoms with van der Waals surface area (Å²) >= 11 is 5.87. The first-order valence-corrected chi connectivity index (χ1v) is 9.73. The zero-order chi connectivity index (χ0) is 20.8. The maximum absolute atomic E-state index is 12.5. The monoisotopic (exact) mass is 414 g/mol. The standard InChI is InChI=1S/C21H23ClN4O3/c1-23-20(28)15-4-8-18(9-5-15)24-19(27)14-25-10-12-26(13-11-25)21(29)16-2-6-17(22)7-3-16/h2-9H,10-14H2,1H3,(H,23,28)(H,24,27). The molecule has 0 spiro atoms. The predicted octanol–water partition coefficient (Wildman–Crippen LogP) is 2.10. The fraction of sp³-hybridized carbons (Fsp3) is 0.286. The maximum Gasteiger partial charge on any atom is 0.253 e. The number of nitrogens with zero attached hydrogens (tertiary/aromatic N) is 2. The van der Waals surface area contributed by atoms with E-state index < -0.39 is 0 Å². The average Bonchev–Trinajstić information content (AvgIpc) is 2.74. The van der Waals surface area contributed by atoms with Crippen LogP contribution in [0.5, 0.6) is 0 Å². The molecule has 8 heteroatoms. The van der Waals surface area contributed by atoms with Crippen molar-refractivity contribution in [2.45, 2.75) is 0 Å². The number of hydrogen-bond donors (Lipinski definition) is 2. The lowest BCUT2D eigenvalue weighted by Gasteiger charge is -2.34. The van der Waals surface area contributed by atoms with Gasteiger partial charge in [0, 0.05) is 55.1 Å². The zero-order valence-corrected chi connectivity index (χ0v) is 16.9. The third-order valence-corrected chi connectivity index (χ3v) is 5.03. The van der Waals surface area contributed by atoms with Crippen LogP contribution in [-0.2, 0) is 4.79 Å². The van der Waals surface area contributed by atoms with Crippen LogP contribution in [0.3, 0.4) is 0 Å². The molecule has 0 saturated carbocycles. The van der Waals surface area contributed by atoms with Crippen molar-refractivity contribution in [1.82, 2.24) is 15.1 Å². The SMILES string of the molecule is CNC(=O)c1ccc(NC(=O)CN2CCN(C(=O)c3ccc(Cl)cc3)CC2)cc1. The van der Waals surface area contributed by atoms with Crippen LogP contribution in [0.1, 0.15) is 20.7 Å². The average molecular weight is 415 g/mol. The lowest BCUT2D eigenvalue weighted by Crippen LogP contribution is -2.50. The van der Waals surface area contributed by atoms with E-state index in [-0.39, 0.29) is 24.3 Å². The Hall–Kier alpha value is -2.90. The van der Waals surface area contributed by atoms with Gasteiger partial charge in [-0.1, -0.05) is 11.6 Å². The van der Waals surface area contributed by atoms with E-state index in [0.29, 0.717) is 48.0 Å². The van der Waals surface area contributed by atoms with Crippen LogP contribution in [0.4, 0.5) is 5.69 Å². The van der Waals surface area contributed by atoms with E-state index in [1.165, 1.54) is 0 Å². The number of amides is 3. The Kier molecular flexibility index (Phi) is 6.85. The van der Waals surface area contributed by atoms with Gasteiger partial charge in [0.2, 0.25) is 5.91 Å². The Balaban J connectivity index is 1.46. The summed E-state index contributed by atoms with van der Waals surface area (Å²) in [6, 6.07) is 13.6. The molecule has 1 fully saturated rings. The normalized spacial score (nSPS) is 14.3. The second-order valence-corrected chi connectivity index (χ2v) is 7.22. The fourth-order valence-electron chi connectivity index (χ4n) is 3.14. The number of piperazine rings is 1. The van der Waals surface area contributed by atoms with Crippen molar-refractivity contribution >= 4 is 35.0 Å². The van der Waals surface area contributed by atoms with Crippen molar-refractivity contribution in [3.63, 3.8) is 0 Å². The Labute approximate surface area is 174 Å². The molecule has 2 aromatic rings. The van der Waals surface area contributed by atoms with Crippen molar-refractivity contribution in [3.05, 3.63) is 64.7 Å². The van der Waals surface area contributed by atoms with Gasteiger partial charge in [0.15, 0.2) is 0 Å². The van der Waals surface area contributed by atoms with E-state index in [1.54, 1.807) is 60.5 Å². The highest BCUT2D eigenvalue weighted by Crippen LogP contribution is 2.14. The highest BCUT2D eigenvalue weighted by molar-refractivity contribution is 6.30. The minimum atomic E-state index is -0.172. The van der Waals surface area contributed by atoms with Crippen molar-refractivity contribution in [2.75, 3.05) is 45.1 Å². The molecule has 0 bridgehead atoms. The Morgan fingerprint density at radius 3 is 2.07 bits per heavy atom. The third-order valence-electron chi connectivity index (χ3n) is 4.78. The molecule has 0 atom stereocenters. The van der Waals surface area contributed by atoms with Crippen LogP contribution in [0.15, 0.2) is 48.5 Å². The predicted molar refractivity (Wildman–Crippen MR) is 112 cm³/mol. The lowest BCUT2D eigenvalue weighted by atomic mass is 10.2. The molecule has 0 aliphatic carbocycles. The highest BCUT2D eigenvalue weighted by atomic mass is 35.5. The van der Waals surface area contributed by atoms with Gasteiger partial charge in [-0.2, -0.15) is 0 Å². The topological polar surface area (TPSA) is 81.8 Å². The van der Waals surface area contributed by atoms with Gasteiger partial charge in [-0.05, 0) is 48.5 Å². The van der Waals surface area contributed by atoms with Crippen LogP contribution in [0.2, 0.25) is 5.02 Å². The Morgan fingerprint density at radius 1 is 0.897 bits per heavy atom.